The van der Waals surface area contributed by atoms with E-state index in [9.17, 15) is 24.0 Å². The van der Waals surface area contributed by atoms with Crippen LogP contribution in [0.25, 0.3) is 0 Å². The number of benzene rings is 2. The standard InChI is InChI=1S/C43H66N4O9/c1-9-10-27-54-41(52)47-35(20-14-15-21-37(48)55-42(3,4)5)39(50)46-36(25-23-32-18-12-11-13-19-32)38(49)45-30-33-29-34(24-22-31(33)2)53-28-17-16-26-44-40(51)56-43(6,7)8/h11-13,18-19,22,24,29,35-36H,9-10,14-17,20-21,23,25-28,30H2,1-8H3,(H,44,51)(H,45,49)(H,46,50)(H,47,52)/t35-,36-/m0/s1. The molecule has 312 valence electrons. The number of carbonyl (C=O) groups excluding carboxylic acids is 5. The van der Waals surface area contributed by atoms with E-state index in [2.05, 4.69) is 21.3 Å². The minimum Gasteiger partial charge on any atom is -0.494 e. The van der Waals surface area contributed by atoms with Crippen molar-refractivity contribution in [2.24, 2.45) is 0 Å². The number of hydrogen-bond acceptors (Lipinski definition) is 9. The maximum atomic E-state index is 13.8. The molecule has 13 nitrogen and oxygen atoms in total. The predicted octanol–water partition coefficient (Wildman–Crippen LogP) is 7.21. The molecule has 0 heterocycles. The zero-order valence-corrected chi connectivity index (χ0v) is 34.8. The lowest BCUT2D eigenvalue weighted by molar-refractivity contribution is -0.155. The normalized spacial score (nSPS) is 12.4. The van der Waals surface area contributed by atoms with Crippen LogP contribution >= 0.6 is 0 Å². The fraction of sp³-hybridized carbons (Fsp3) is 0.605. The lowest BCUT2D eigenvalue weighted by Gasteiger charge is -2.24. The zero-order chi connectivity index (χ0) is 41.6. The van der Waals surface area contributed by atoms with Gasteiger partial charge >= 0.3 is 18.2 Å². The molecule has 0 saturated carbocycles. The molecule has 0 radical (unpaired) electrons. The first-order valence-corrected chi connectivity index (χ1v) is 19.9. The maximum Gasteiger partial charge on any atom is 0.407 e. The van der Waals surface area contributed by atoms with Gasteiger partial charge in [0.05, 0.1) is 13.2 Å². The van der Waals surface area contributed by atoms with E-state index < -0.39 is 41.4 Å². The summed E-state index contributed by atoms with van der Waals surface area (Å²) in [6.07, 6.45) is 3.96. The summed E-state index contributed by atoms with van der Waals surface area (Å²) < 4.78 is 21.9. The van der Waals surface area contributed by atoms with Crippen molar-refractivity contribution in [1.29, 1.82) is 0 Å². The molecular weight excluding hydrogens is 716 g/mol. The smallest absolute Gasteiger partial charge is 0.407 e. The Kier molecular flexibility index (Phi) is 20.8. The Bertz CT molecular complexity index is 1520. The molecule has 13 heteroatoms. The van der Waals surface area contributed by atoms with E-state index in [1.807, 2.05) is 83.1 Å². The summed E-state index contributed by atoms with van der Waals surface area (Å²) >= 11 is 0. The summed E-state index contributed by atoms with van der Waals surface area (Å²) in [5.74, 6) is -0.567. The van der Waals surface area contributed by atoms with E-state index in [0.29, 0.717) is 63.8 Å². The number of amides is 4. The Labute approximate surface area is 333 Å². The van der Waals surface area contributed by atoms with Gasteiger partial charge in [-0.25, -0.2) is 9.59 Å². The molecule has 0 bridgehead atoms. The third kappa shape index (κ3) is 21.3. The van der Waals surface area contributed by atoms with Gasteiger partial charge in [-0.3, -0.25) is 14.4 Å². The van der Waals surface area contributed by atoms with E-state index in [-0.39, 0.29) is 37.9 Å². The number of ether oxygens (including phenoxy) is 4. The van der Waals surface area contributed by atoms with Gasteiger partial charge in [-0.1, -0.05) is 56.2 Å². The summed E-state index contributed by atoms with van der Waals surface area (Å²) in [5, 5.41) is 11.3. The molecule has 0 aliphatic heterocycles. The largest absolute Gasteiger partial charge is 0.494 e. The second kappa shape index (κ2) is 24.7. The van der Waals surface area contributed by atoms with Crippen molar-refractivity contribution < 1.29 is 42.9 Å². The van der Waals surface area contributed by atoms with Crippen molar-refractivity contribution >= 4 is 30.0 Å². The first-order chi connectivity index (χ1) is 26.5. The zero-order valence-electron chi connectivity index (χ0n) is 34.8. The fourth-order valence-corrected chi connectivity index (χ4v) is 5.42. The van der Waals surface area contributed by atoms with E-state index in [4.69, 9.17) is 18.9 Å². The molecule has 0 aliphatic carbocycles. The second-order valence-electron chi connectivity index (χ2n) is 15.9. The van der Waals surface area contributed by atoms with E-state index in [0.717, 1.165) is 23.1 Å². The highest BCUT2D eigenvalue weighted by molar-refractivity contribution is 5.91. The second-order valence-corrected chi connectivity index (χ2v) is 15.9. The van der Waals surface area contributed by atoms with Crippen LogP contribution in [0.5, 0.6) is 5.75 Å². The van der Waals surface area contributed by atoms with Crippen molar-refractivity contribution in [3.05, 3.63) is 65.2 Å². The van der Waals surface area contributed by atoms with Gasteiger partial charge < -0.3 is 40.2 Å². The molecule has 2 rings (SSSR count). The number of alkyl carbamates (subject to hydrolysis) is 2. The minimum absolute atomic E-state index is 0.174. The Balaban J connectivity index is 2.08. The van der Waals surface area contributed by atoms with Crippen LogP contribution in [0.3, 0.4) is 0 Å². The summed E-state index contributed by atoms with van der Waals surface area (Å²) in [5.41, 5.74) is 1.68. The summed E-state index contributed by atoms with van der Waals surface area (Å²) in [4.78, 5) is 64.3. The summed E-state index contributed by atoms with van der Waals surface area (Å²) in [7, 11) is 0. The molecular formula is C43H66N4O9. The summed E-state index contributed by atoms with van der Waals surface area (Å²) in [6, 6.07) is 13.5. The highest BCUT2D eigenvalue weighted by Gasteiger charge is 2.27. The number of rotatable bonds is 23. The Morgan fingerprint density at radius 1 is 0.696 bits per heavy atom. The average molecular weight is 783 g/mol. The molecule has 2 aromatic rings. The number of aryl methyl sites for hydroxylation is 2. The maximum absolute atomic E-state index is 13.8. The molecule has 4 amide bonds. The molecule has 56 heavy (non-hydrogen) atoms. The SMILES string of the molecule is CCCCOC(=O)N[C@@H](CCCCC(=O)OC(C)(C)C)C(=O)N[C@@H](CCc1ccccc1)C(=O)NCc1cc(OCCCCNC(=O)OC(C)(C)C)ccc1C. The molecule has 0 unspecified atom stereocenters. The minimum atomic E-state index is -0.987. The topological polar surface area (TPSA) is 170 Å². The van der Waals surface area contributed by atoms with Crippen molar-refractivity contribution in [2.75, 3.05) is 19.8 Å². The lowest BCUT2D eigenvalue weighted by Crippen LogP contribution is -2.53. The molecule has 0 saturated heterocycles. The quantitative estimate of drug-likeness (QED) is 0.0517. The van der Waals surface area contributed by atoms with E-state index >= 15 is 0 Å². The van der Waals surface area contributed by atoms with Crippen LogP contribution in [-0.2, 0) is 41.6 Å². The van der Waals surface area contributed by atoms with Gasteiger partial charge in [-0.15, -0.1) is 0 Å². The first kappa shape index (κ1) is 47.3. The number of esters is 1. The predicted molar refractivity (Wildman–Crippen MR) is 216 cm³/mol. The van der Waals surface area contributed by atoms with Gasteiger partial charge in [0.1, 0.15) is 29.0 Å². The van der Waals surface area contributed by atoms with E-state index in [1.54, 1.807) is 20.8 Å². The Morgan fingerprint density at radius 3 is 2.07 bits per heavy atom. The molecule has 2 atom stereocenters. The molecule has 2 aromatic carbocycles. The average Bonchev–Trinajstić information content (AvgIpc) is 3.11. The molecule has 0 spiro atoms. The van der Waals surface area contributed by atoms with Gasteiger partial charge in [0.25, 0.3) is 0 Å². The Hall–Kier alpha value is -4.81. The van der Waals surface area contributed by atoms with Gasteiger partial charge in [-0.05, 0) is 122 Å². The van der Waals surface area contributed by atoms with Crippen LogP contribution in [0.2, 0.25) is 0 Å². The molecule has 4 N–H and O–H groups in total. The Morgan fingerprint density at radius 2 is 1.39 bits per heavy atom. The van der Waals surface area contributed by atoms with Crippen LogP contribution in [-0.4, -0.2) is 73.0 Å². The fourth-order valence-electron chi connectivity index (χ4n) is 5.42. The van der Waals surface area contributed by atoms with Crippen LogP contribution in [0, 0.1) is 6.92 Å². The van der Waals surface area contributed by atoms with Gasteiger partial charge in [0.2, 0.25) is 11.8 Å². The number of carbonyl (C=O) groups is 5. The highest BCUT2D eigenvalue weighted by atomic mass is 16.6. The monoisotopic (exact) mass is 782 g/mol. The van der Waals surface area contributed by atoms with Crippen molar-refractivity contribution in [2.45, 2.75) is 149 Å². The third-order valence-electron chi connectivity index (χ3n) is 8.36. The van der Waals surface area contributed by atoms with E-state index in [1.165, 1.54) is 0 Å². The van der Waals surface area contributed by atoms with Crippen molar-refractivity contribution in [3.8, 4) is 5.75 Å². The highest BCUT2D eigenvalue weighted by Crippen LogP contribution is 2.19. The number of hydrogen-bond donors (Lipinski definition) is 4. The van der Waals surface area contributed by atoms with Gasteiger partial charge in [-0.2, -0.15) is 0 Å². The van der Waals surface area contributed by atoms with Crippen molar-refractivity contribution in [3.63, 3.8) is 0 Å². The third-order valence-corrected chi connectivity index (χ3v) is 8.36. The van der Waals surface area contributed by atoms with Crippen molar-refractivity contribution in [1.82, 2.24) is 21.3 Å². The van der Waals surface area contributed by atoms with Crippen LogP contribution in [0.15, 0.2) is 48.5 Å². The number of nitrogens with one attached hydrogen (secondary N) is 4. The molecule has 0 aliphatic rings. The lowest BCUT2D eigenvalue weighted by atomic mass is 10.0. The number of unbranched alkanes of at least 4 members (excludes halogenated alkanes) is 3. The van der Waals surface area contributed by atoms with Crippen LogP contribution in [0.4, 0.5) is 9.59 Å². The summed E-state index contributed by atoms with van der Waals surface area (Å²) in [6.45, 7) is 16.1. The van der Waals surface area contributed by atoms with Gasteiger partial charge in [0, 0.05) is 19.5 Å². The van der Waals surface area contributed by atoms with Crippen LogP contribution in [0.1, 0.15) is 123 Å². The molecule has 0 fully saturated rings. The van der Waals surface area contributed by atoms with Crippen LogP contribution < -0.4 is 26.0 Å². The van der Waals surface area contributed by atoms with Gasteiger partial charge in [0.15, 0.2) is 0 Å². The molecule has 0 aromatic heterocycles. The first-order valence-electron chi connectivity index (χ1n) is 19.9.